The molecule has 0 radical (unpaired) electrons. The summed E-state index contributed by atoms with van der Waals surface area (Å²) in [6.07, 6.45) is 3.94. The average Bonchev–Trinajstić information content (AvgIpc) is 2.96. The number of aryl methyl sites for hydroxylation is 1. The summed E-state index contributed by atoms with van der Waals surface area (Å²) in [7, 11) is 0. The standard InChI is InChI=1S/C11H16N4S2/c1-4-7(3)13-11-15-14-10(17-11)8-6-12-9(5-2)16-8/h6-7H,4-5H2,1-3H3,(H,13,15). The minimum atomic E-state index is 0.434. The normalized spacial score (nSPS) is 12.6. The molecule has 6 heteroatoms. The molecule has 1 N–H and O–H groups in total. The summed E-state index contributed by atoms with van der Waals surface area (Å²) in [5.41, 5.74) is 0. The Hall–Kier alpha value is -1.01. The molecule has 0 spiro atoms. The average molecular weight is 268 g/mol. The third-order valence-electron chi connectivity index (χ3n) is 2.47. The highest BCUT2D eigenvalue weighted by Gasteiger charge is 2.10. The highest BCUT2D eigenvalue weighted by atomic mass is 32.1. The smallest absolute Gasteiger partial charge is 0.206 e. The zero-order valence-electron chi connectivity index (χ0n) is 10.2. The Labute approximate surface area is 109 Å². The number of nitrogens with zero attached hydrogens (tertiary/aromatic N) is 3. The fraction of sp³-hybridized carbons (Fsp3) is 0.545. The van der Waals surface area contributed by atoms with Gasteiger partial charge in [0.25, 0.3) is 0 Å². The van der Waals surface area contributed by atoms with Crippen LogP contribution in [0.25, 0.3) is 9.88 Å². The Morgan fingerprint density at radius 2 is 2.12 bits per heavy atom. The van der Waals surface area contributed by atoms with Crippen molar-refractivity contribution in [3.63, 3.8) is 0 Å². The zero-order valence-corrected chi connectivity index (χ0v) is 11.9. The molecule has 0 saturated heterocycles. The number of nitrogens with one attached hydrogen (secondary N) is 1. The van der Waals surface area contributed by atoms with E-state index in [1.165, 1.54) is 0 Å². The molecule has 0 amide bonds. The second kappa shape index (κ2) is 5.55. The molecule has 1 unspecified atom stereocenters. The molecule has 4 nitrogen and oxygen atoms in total. The Balaban J connectivity index is 2.12. The monoisotopic (exact) mass is 268 g/mol. The summed E-state index contributed by atoms with van der Waals surface area (Å²) in [5, 5.41) is 14.7. The molecule has 0 aliphatic rings. The third-order valence-corrected chi connectivity index (χ3v) is 4.64. The Morgan fingerprint density at radius 3 is 2.76 bits per heavy atom. The van der Waals surface area contributed by atoms with Gasteiger partial charge >= 0.3 is 0 Å². The number of hydrogen-bond acceptors (Lipinski definition) is 6. The highest BCUT2D eigenvalue weighted by molar-refractivity contribution is 7.23. The maximum absolute atomic E-state index is 4.33. The van der Waals surface area contributed by atoms with E-state index in [9.17, 15) is 0 Å². The number of anilines is 1. The molecule has 2 rings (SSSR count). The number of rotatable bonds is 5. The van der Waals surface area contributed by atoms with Crippen LogP contribution in [0.1, 0.15) is 32.2 Å². The molecule has 1 atom stereocenters. The summed E-state index contributed by atoms with van der Waals surface area (Å²) in [6.45, 7) is 6.40. The summed E-state index contributed by atoms with van der Waals surface area (Å²) in [4.78, 5) is 5.44. The van der Waals surface area contributed by atoms with Crippen LogP contribution in [0.3, 0.4) is 0 Å². The summed E-state index contributed by atoms with van der Waals surface area (Å²) < 4.78 is 0. The van der Waals surface area contributed by atoms with Crippen LogP contribution in [0.2, 0.25) is 0 Å². The quantitative estimate of drug-likeness (QED) is 0.902. The van der Waals surface area contributed by atoms with Crippen molar-refractivity contribution in [3.8, 4) is 9.88 Å². The Kier molecular flexibility index (Phi) is 4.06. The molecule has 0 fully saturated rings. The van der Waals surface area contributed by atoms with Crippen LogP contribution < -0.4 is 5.32 Å². The number of aromatic nitrogens is 3. The van der Waals surface area contributed by atoms with Crippen molar-refractivity contribution >= 4 is 27.8 Å². The van der Waals surface area contributed by atoms with E-state index in [1.54, 1.807) is 22.7 Å². The second-order valence-electron chi connectivity index (χ2n) is 3.84. The Bertz CT molecular complexity index is 477. The summed E-state index contributed by atoms with van der Waals surface area (Å²) in [6, 6.07) is 0.434. The highest BCUT2D eigenvalue weighted by Crippen LogP contribution is 2.31. The van der Waals surface area contributed by atoms with Crippen molar-refractivity contribution in [3.05, 3.63) is 11.2 Å². The van der Waals surface area contributed by atoms with Crippen LogP contribution in [0.15, 0.2) is 6.20 Å². The lowest BCUT2D eigenvalue weighted by atomic mass is 10.3. The lowest BCUT2D eigenvalue weighted by Gasteiger charge is -2.07. The molecule has 0 saturated carbocycles. The molecule has 0 aliphatic heterocycles. The van der Waals surface area contributed by atoms with Gasteiger partial charge in [0, 0.05) is 12.2 Å². The third kappa shape index (κ3) is 3.01. The minimum Gasteiger partial charge on any atom is -0.358 e. The molecular weight excluding hydrogens is 252 g/mol. The first-order valence-electron chi connectivity index (χ1n) is 5.78. The molecule has 17 heavy (non-hydrogen) atoms. The van der Waals surface area contributed by atoms with E-state index < -0.39 is 0 Å². The topological polar surface area (TPSA) is 50.7 Å². The van der Waals surface area contributed by atoms with E-state index in [-0.39, 0.29) is 0 Å². The van der Waals surface area contributed by atoms with Gasteiger partial charge in [-0.2, -0.15) is 0 Å². The molecule has 0 aliphatic carbocycles. The van der Waals surface area contributed by atoms with Crippen LogP contribution in [0.4, 0.5) is 5.13 Å². The molecule has 0 aromatic carbocycles. The molecule has 2 aromatic rings. The first kappa shape index (κ1) is 12.4. The van der Waals surface area contributed by atoms with Crippen molar-refractivity contribution in [1.82, 2.24) is 15.2 Å². The van der Waals surface area contributed by atoms with Gasteiger partial charge in [0.2, 0.25) is 5.13 Å². The second-order valence-corrected chi connectivity index (χ2v) is 5.93. The van der Waals surface area contributed by atoms with Crippen molar-refractivity contribution < 1.29 is 0 Å². The van der Waals surface area contributed by atoms with Gasteiger partial charge in [-0.25, -0.2) is 4.98 Å². The number of hydrogen-bond donors (Lipinski definition) is 1. The number of thiazole rings is 1. The predicted molar refractivity (Wildman–Crippen MR) is 73.8 cm³/mol. The van der Waals surface area contributed by atoms with Gasteiger partial charge in [0.05, 0.1) is 9.88 Å². The SMILES string of the molecule is CCc1ncc(-c2nnc(NC(C)CC)s2)s1. The lowest BCUT2D eigenvalue weighted by molar-refractivity contribution is 0.760. The fourth-order valence-electron chi connectivity index (χ4n) is 1.27. The van der Waals surface area contributed by atoms with E-state index in [0.29, 0.717) is 6.04 Å². The van der Waals surface area contributed by atoms with E-state index in [2.05, 4.69) is 41.3 Å². The van der Waals surface area contributed by atoms with Gasteiger partial charge < -0.3 is 5.32 Å². The maximum atomic E-state index is 4.33. The van der Waals surface area contributed by atoms with Gasteiger partial charge in [-0.3, -0.25) is 0 Å². The van der Waals surface area contributed by atoms with Gasteiger partial charge in [-0.15, -0.1) is 21.5 Å². The van der Waals surface area contributed by atoms with Gasteiger partial charge in [0.15, 0.2) is 5.01 Å². The van der Waals surface area contributed by atoms with Crippen molar-refractivity contribution in [2.24, 2.45) is 0 Å². The maximum Gasteiger partial charge on any atom is 0.206 e. The van der Waals surface area contributed by atoms with E-state index >= 15 is 0 Å². The molecule has 2 heterocycles. The van der Waals surface area contributed by atoms with E-state index in [4.69, 9.17) is 0 Å². The largest absolute Gasteiger partial charge is 0.358 e. The first-order chi connectivity index (χ1) is 8.22. The van der Waals surface area contributed by atoms with E-state index in [0.717, 1.165) is 32.9 Å². The summed E-state index contributed by atoms with van der Waals surface area (Å²) in [5.74, 6) is 0. The Morgan fingerprint density at radius 1 is 1.29 bits per heavy atom. The zero-order chi connectivity index (χ0) is 12.3. The van der Waals surface area contributed by atoms with Crippen LogP contribution in [0.5, 0.6) is 0 Å². The van der Waals surface area contributed by atoms with Gasteiger partial charge in [-0.1, -0.05) is 25.2 Å². The molecule has 92 valence electrons. The first-order valence-corrected chi connectivity index (χ1v) is 7.41. The van der Waals surface area contributed by atoms with Crippen LogP contribution in [-0.4, -0.2) is 21.2 Å². The van der Waals surface area contributed by atoms with E-state index in [1.807, 2.05) is 6.20 Å². The van der Waals surface area contributed by atoms with Crippen molar-refractivity contribution in [2.45, 2.75) is 39.7 Å². The minimum absolute atomic E-state index is 0.434. The van der Waals surface area contributed by atoms with Crippen LogP contribution in [0, 0.1) is 0 Å². The molecule has 2 aromatic heterocycles. The van der Waals surface area contributed by atoms with Gasteiger partial charge in [-0.05, 0) is 19.8 Å². The van der Waals surface area contributed by atoms with Crippen molar-refractivity contribution in [1.29, 1.82) is 0 Å². The molecular formula is C11H16N4S2. The molecule has 0 bridgehead atoms. The van der Waals surface area contributed by atoms with Crippen molar-refractivity contribution in [2.75, 3.05) is 5.32 Å². The van der Waals surface area contributed by atoms with Crippen LogP contribution >= 0.6 is 22.7 Å². The summed E-state index contributed by atoms with van der Waals surface area (Å²) >= 11 is 3.28. The van der Waals surface area contributed by atoms with Gasteiger partial charge in [0.1, 0.15) is 0 Å². The van der Waals surface area contributed by atoms with Crippen LogP contribution in [-0.2, 0) is 6.42 Å². The lowest BCUT2D eigenvalue weighted by Crippen LogP contribution is -2.12. The predicted octanol–water partition coefficient (Wildman–Crippen LogP) is 3.43. The fourth-order valence-corrected chi connectivity index (χ4v) is 3.01.